The molecule has 0 rings (SSSR count). The Hall–Kier alpha value is -1.07. The molecule has 0 saturated heterocycles. The second kappa shape index (κ2) is 4.08. The minimum Gasteiger partial charge on any atom is -0.409 e. The quantitative estimate of drug-likeness (QED) is 0.245. The molecule has 0 aliphatic carbocycles. The molecule has 0 aromatic heterocycles. The van der Waals surface area contributed by atoms with Crippen LogP contribution in [0.1, 0.15) is 6.92 Å². The number of urea groups is 1. The molecule has 4 N–H and O–H groups in total. The average Bonchev–Trinajstić information content (AvgIpc) is 1.79. The van der Waals surface area contributed by atoms with Crippen LogP contribution in [0.25, 0.3) is 0 Å². The van der Waals surface area contributed by atoms with Gasteiger partial charge in [-0.05, 0) is 0 Å². The van der Waals surface area contributed by atoms with Crippen LogP contribution in [-0.2, 0) is 9.09 Å². The standard InChI is InChI=1S/C4H10N3O4P/c1-3(6-7-4(5)8)11-12(2,9)10/h1-2H3,(H,9,10)(H3,5,7,8). The second-order valence-corrected chi connectivity index (χ2v) is 3.79. The van der Waals surface area contributed by atoms with Crippen molar-refractivity contribution in [3.8, 4) is 0 Å². The number of hydrazone groups is 1. The first kappa shape index (κ1) is 10.9. The number of carbonyl (C=O) groups is 1. The van der Waals surface area contributed by atoms with Crippen molar-refractivity contribution in [1.29, 1.82) is 0 Å². The maximum absolute atomic E-state index is 10.6. The molecule has 12 heavy (non-hydrogen) atoms. The number of carbonyl (C=O) groups excluding carboxylic acids is 1. The SMILES string of the molecule is CC(=NNC(N)=O)OP(C)(=O)O. The van der Waals surface area contributed by atoms with Gasteiger partial charge in [0.15, 0.2) is 0 Å². The van der Waals surface area contributed by atoms with Gasteiger partial charge in [-0.25, -0.2) is 14.8 Å². The molecule has 0 aliphatic rings. The molecule has 70 valence electrons. The van der Waals surface area contributed by atoms with Gasteiger partial charge < -0.3 is 15.2 Å². The van der Waals surface area contributed by atoms with Gasteiger partial charge in [0.25, 0.3) is 0 Å². The number of amides is 2. The van der Waals surface area contributed by atoms with Gasteiger partial charge in [-0.1, -0.05) is 0 Å². The van der Waals surface area contributed by atoms with E-state index in [1.807, 2.05) is 5.43 Å². The highest BCUT2D eigenvalue weighted by molar-refractivity contribution is 7.52. The van der Waals surface area contributed by atoms with E-state index >= 15 is 0 Å². The van der Waals surface area contributed by atoms with Gasteiger partial charge in [0.05, 0.1) is 0 Å². The summed E-state index contributed by atoms with van der Waals surface area (Å²) < 4.78 is 15.0. The highest BCUT2D eigenvalue weighted by Crippen LogP contribution is 2.36. The Morgan fingerprint density at radius 2 is 2.25 bits per heavy atom. The largest absolute Gasteiger partial charge is 0.409 e. The number of nitrogens with two attached hydrogens (primary N) is 1. The summed E-state index contributed by atoms with van der Waals surface area (Å²) >= 11 is 0. The molecule has 0 radical (unpaired) electrons. The summed E-state index contributed by atoms with van der Waals surface area (Å²) in [6.45, 7) is 2.30. The Bertz CT molecular complexity index is 245. The summed E-state index contributed by atoms with van der Waals surface area (Å²) in [5, 5.41) is 3.25. The topological polar surface area (TPSA) is 114 Å². The van der Waals surface area contributed by atoms with Crippen LogP contribution in [0.15, 0.2) is 5.10 Å². The first-order valence-corrected chi connectivity index (χ1v) is 4.93. The van der Waals surface area contributed by atoms with E-state index in [4.69, 9.17) is 4.89 Å². The lowest BCUT2D eigenvalue weighted by atomic mass is 10.8. The van der Waals surface area contributed by atoms with E-state index < -0.39 is 13.6 Å². The molecule has 8 heteroatoms. The molecule has 7 nitrogen and oxygen atoms in total. The number of nitrogens with zero attached hydrogens (tertiary/aromatic N) is 1. The third-order valence-electron chi connectivity index (χ3n) is 0.625. The number of nitrogens with one attached hydrogen (secondary N) is 1. The van der Waals surface area contributed by atoms with Crippen molar-refractivity contribution in [2.45, 2.75) is 6.92 Å². The molecule has 1 unspecified atom stereocenters. The lowest BCUT2D eigenvalue weighted by Gasteiger charge is -2.06. The normalized spacial score (nSPS) is 16.4. The van der Waals surface area contributed by atoms with Crippen molar-refractivity contribution >= 4 is 19.5 Å². The Morgan fingerprint density at radius 3 is 2.58 bits per heavy atom. The van der Waals surface area contributed by atoms with Gasteiger partial charge in [-0.2, -0.15) is 0 Å². The predicted octanol–water partition coefficient (Wildman–Crippen LogP) is -0.180. The van der Waals surface area contributed by atoms with E-state index in [1.165, 1.54) is 6.92 Å². The lowest BCUT2D eigenvalue weighted by molar-refractivity contribution is 0.249. The summed E-state index contributed by atoms with van der Waals surface area (Å²) in [5.41, 5.74) is 6.50. The monoisotopic (exact) mass is 195 g/mol. The average molecular weight is 195 g/mol. The maximum Gasteiger partial charge on any atom is 0.374 e. The van der Waals surface area contributed by atoms with Crippen LogP contribution >= 0.6 is 7.60 Å². The first-order chi connectivity index (χ1) is 5.31. The molecule has 0 fully saturated rings. The predicted molar refractivity (Wildman–Crippen MR) is 42.7 cm³/mol. The third-order valence-corrected chi connectivity index (χ3v) is 1.23. The Balaban J connectivity index is 4.04. The number of hydrogen-bond donors (Lipinski definition) is 3. The van der Waals surface area contributed by atoms with Gasteiger partial charge in [0.2, 0.25) is 5.90 Å². The molecular formula is C4H10N3O4P. The molecule has 0 spiro atoms. The van der Waals surface area contributed by atoms with Crippen molar-refractivity contribution in [2.24, 2.45) is 10.8 Å². The van der Waals surface area contributed by atoms with E-state index in [9.17, 15) is 9.36 Å². The summed E-state index contributed by atoms with van der Waals surface area (Å²) in [6.07, 6.45) is 0. The maximum atomic E-state index is 10.6. The fourth-order valence-electron chi connectivity index (χ4n) is 0.399. The molecule has 2 amide bonds. The van der Waals surface area contributed by atoms with Gasteiger partial charge in [-0.3, -0.25) is 0 Å². The van der Waals surface area contributed by atoms with Crippen molar-refractivity contribution in [3.63, 3.8) is 0 Å². The van der Waals surface area contributed by atoms with E-state index in [1.54, 1.807) is 0 Å². The van der Waals surface area contributed by atoms with Gasteiger partial charge >= 0.3 is 13.6 Å². The summed E-state index contributed by atoms with van der Waals surface area (Å²) in [6, 6.07) is -0.873. The van der Waals surface area contributed by atoms with Gasteiger partial charge in [0.1, 0.15) is 0 Å². The number of rotatable bonds is 2. The zero-order valence-electron chi connectivity index (χ0n) is 6.64. The highest BCUT2D eigenvalue weighted by atomic mass is 31.2. The van der Waals surface area contributed by atoms with Crippen molar-refractivity contribution in [3.05, 3.63) is 0 Å². The van der Waals surface area contributed by atoms with E-state index in [2.05, 4.69) is 15.4 Å². The zero-order valence-corrected chi connectivity index (χ0v) is 7.54. The van der Waals surface area contributed by atoms with Crippen molar-refractivity contribution in [2.75, 3.05) is 6.66 Å². The van der Waals surface area contributed by atoms with Crippen LogP contribution in [0.4, 0.5) is 4.79 Å². The van der Waals surface area contributed by atoms with Crippen LogP contribution < -0.4 is 11.2 Å². The van der Waals surface area contributed by atoms with Crippen LogP contribution in [0.2, 0.25) is 0 Å². The minimum absolute atomic E-state index is 0.137. The van der Waals surface area contributed by atoms with Crippen LogP contribution in [-0.4, -0.2) is 23.5 Å². The molecule has 0 heterocycles. The summed E-state index contributed by atoms with van der Waals surface area (Å²) in [4.78, 5) is 18.7. The third kappa shape index (κ3) is 7.04. The number of primary amides is 1. The van der Waals surface area contributed by atoms with Crippen LogP contribution in [0, 0.1) is 0 Å². The molecule has 0 saturated carbocycles. The lowest BCUT2D eigenvalue weighted by Crippen LogP contribution is -2.25. The molecule has 0 bridgehead atoms. The van der Waals surface area contributed by atoms with Crippen molar-refractivity contribution in [1.82, 2.24) is 5.43 Å². The fourth-order valence-corrected chi connectivity index (χ4v) is 0.930. The second-order valence-electron chi connectivity index (χ2n) is 2.00. The molecule has 0 aromatic carbocycles. The van der Waals surface area contributed by atoms with E-state index in [0.29, 0.717) is 0 Å². The van der Waals surface area contributed by atoms with E-state index in [-0.39, 0.29) is 5.90 Å². The van der Waals surface area contributed by atoms with Crippen molar-refractivity contribution < 1.29 is 18.8 Å². The fraction of sp³-hybridized carbons (Fsp3) is 0.500. The van der Waals surface area contributed by atoms with Crippen LogP contribution in [0.5, 0.6) is 0 Å². The molecule has 0 aromatic rings. The zero-order chi connectivity index (χ0) is 9.78. The van der Waals surface area contributed by atoms with Crippen LogP contribution in [0.3, 0.4) is 0 Å². The summed E-state index contributed by atoms with van der Waals surface area (Å²) in [7, 11) is -3.60. The molecule has 1 atom stereocenters. The smallest absolute Gasteiger partial charge is 0.374 e. The Kier molecular flexibility index (Phi) is 3.72. The van der Waals surface area contributed by atoms with Gasteiger partial charge in [-0.15, -0.1) is 5.10 Å². The Morgan fingerprint density at radius 1 is 1.75 bits per heavy atom. The van der Waals surface area contributed by atoms with E-state index in [0.717, 1.165) is 6.66 Å². The molecule has 0 aliphatic heterocycles. The van der Waals surface area contributed by atoms with Gasteiger partial charge in [0, 0.05) is 13.6 Å². The number of hydrogen-bond acceptors (Lipinski definition) is 4. The minimum atomic E-state index is -3.60. The Labute approximate surface area is 69.1 Å². The molecular weight excluding hydrogens is 185 g/mol. The first-order valence-electron chi connectivity index (χ1n) is 2.91. The summed E-state index contributed by atoms with van der Waals surface area (Å²) in [5.74, 6) is -0.137. The highest BCUT2D eigenvalue weighted by Gasteiger charge is 2.11.